The second kappa shape index (κ2) is 8.11. The first-order valence-corrected chi connectivity index (χ1v) is 8.11. The van der Waals surface area contributed by atoms with E-state index in [-0.39, 0.29) is 12.5 Å². The van der Waals surface area contributed by atoms with Crippen LogP contribution in [0, 0.1) is 0 Å². The van der Waals surface area contributed by atoms with Crippen LogP contribution in [0.1, 0.15) is 19.8 Å². The van der Waals surface area contributed by atoms with Crippen molar-refractivity contribution in [3.63, 3.8) is 0 Å². The van der Waals surface area contributed by atoms with Crippen LogP contribution in [0.4, 0.5) is 0 Å². The molecule has 0 radical (unpaired) electrons. The first-order chi connectivity index (χ1) is 8.04. The highest BCUT2D eigenvalue weighted by Gasteiger charge is 2.25. The summed E-state index contributed by atoms with van der Waals surface area (Å²) in [5, 5.41) is 0. The Labute approximate surface area is 131 Å². The smallest absolute Gasteiger partial charge is 0.341 e. The molecule has 1 amide bonds. The molecule has 0 saturated carbocycles. The van der Waals surface area contributed by atoms with Gasteiger partial charge in [0.1, 0.15) is 0 Å². The maximum Gasteiger partial charge on any atom is 0.458 e. The number of hydrogen-bond acceptors (Lipinski definition) is 3. The molecule has 0 N–H and O–H groups in total. The van der Waals surface area contributed by atoms with E-state index in [4.69, 9.17) is 3.07 Å². The molecule has 0 aromatic heterocycles. The molecule has 1 saturated heterocycles. The molecule has 1 fully saturated rings. The average molecular weight is 467 g/mol. The Morgan fingerprint density at radius 2 is 2.18 bits per heavy atom. The van der Waals surface area contributed by atoms with Crippen LogP contribution < -0.4 is 23.0 Å². The SMILES string of the molecule is CC(I)CN1CCC(N(C)C(=O)CO[IH+])CC1. The molecule has 100 valence electrons. The Bertz CT molecular complexity index is 244. The summed E-state index contributed by atoms with van der Waals surface area (Å²) in [5.74, 6) is 0.0934. The second-order valence-corrected chi connectivity index (χ2v) is 7.38. The van der Waals surface area contributed by atoms with Gasteiger partial charge in [0, 0.05) is 36.6 Å². The predicted octanol–water partition coefficient (Wildman–Crippen LogP) is -2.05. The summed E-state index contributed by atoms with van der Waals surface area (Å²) >= 11 is 3.96. The van der Waals surface area contributed by atoms with Gasteiger partial charge >= 0.3 is 23.0 Å². The van der Waals surface area contributed by atoms with Crippen molar-refractivity contribution in [1.29, 1.82) is 0 Å². The zero-order chi connectivity index (χ0) is 12.8. The van der Waals surface area contributed by atoms with Gasteiger partial charge in [-0.1, -0.05) is 29.5 Å². The minimum Gasteiger partial charge on any atom is -0.341 e. The van der Waals surface area contributed by atoms with E-state index in [0.717, 1.165) is 32.5 Å². The molecule has 0 aromatic carbocycles. The van der Waals surface area contributed by atoms with Crippen molar-refractivity contribution >= 4 is 28.5 Å². The first-order valence-electron chi connectivity index (χ1n) is 5.91. The molecule has 4 nitrogen and oxygen atoms in total. The number of piperidine rings is 1. The van der Waals surface area contributed by atoms with E-state index in [2.05, 4.69) is 34.4 Å². The van der Waals surface area contributed by atoms with Crippen LogP contribution in [0.25, 0.3) is 0 Å². The van der Waals surface area contributed by atoms with Gasteiger partial charge in [0.15, 0.2) is 6.61 Å². The van der Waals surface area contributed by atoms with Crippen molar-refractivity contribution in [3.05, 3.63) is 0 Å². The third kappa shape index (κ3) is 5.56. The van der Waals surface area contributed by atoms with Crippen molar-refractivity contribution in [2.24, 2.45) is 0 Å². The number of carbonyl (C=O) groups is 1. The van der Waals surface area contributed by atoms with Gasteiger partial charge < -0.3 is 9.80 Å². The lowest BCUT2D eigenvalue weighted by molar-refractivity contribution is -0.685. The van der Waals surface area contributed by atoms with Gasteiger partial charge in [-0.2, -0.15) is 0 Å². The van der Waals surface area contributed by atoms with Gasteiger partial charge in [0.2, 0.25) is 0 Å². The quantitative estimate of drug-likeness (QED) is 0.345. The molecular weight excluding hydrogens is 446 g/mol. The zero-order valence-corrected chi connectivity index (χ0v) is 14.9. The third-order valence-electron chi connectivity index (χ3n) is 3.19. The highest BCUT2D eigenvalue weighted by atomic mass is 127. The lowest BCUT2D eigenvalue weighted by Crippen LogP contribution is -3.34. The standard InChI is InChI=1S/C11H21I2N2O2/c1-9(12)7-15-5-3-10(4-6-15)14(2)11(16)8-17-13/h9-10,13H,3-8H2,1-2H3/q+1. The highest BCUT2D eigenvalue weighted by Crippen LogP contribution is 2.16. The summed E-state index contributed by atoms with van der Waals surface area (Å²) in [6, 6.07) is 0.389. The van der Waals surface area contributed by atoms with E-state index in [0.29, 0.717) is 9.97 Å². The molecule has 1 rings (SSSR count). The number of amides is 1. The topological polar surface area (TPSA) is 32.8 Å². The Morgan fingerprint density at radius 3 is 2.65 bits per heavy atom. The average Bonchev–Trinajstić information content (AvgIpc) is 2.28. The Hall–Kier alpha value is 0.850. The van der Waals surface area contributed by atoms with Gasteiger partial charge in [0.05, 0.1) is 0 Å². The summed E-state index contributed by atoms with van der Waals surface area (Å²) < 4.78 is 5.59. The number of hydrogen-bond donors (Lipinski definition) is 0. The number of nitrogens with zero attached hydrogens (tertiary/aromatic N) is 2. The van der Waals surface area contributed by atoms with Crippen LogP contribution in [0.5, 0.6) is 0 Å². The van der Waals surface area contributed by atoms with E-state index in [1.165, 1.54) is 23.0 Å². The summed E-state index contributed by atoms with van der Waals surface area (Å²) in [5.41, 5.74) is 0. The van der Waals surface area contributed by atoms with Crippen LogP contribution in [0.2, 0.25) is 0 Å². The molecule has 0 aromatic rings. The molecule has 6 heteroatoms. The fourth-order valence-corrected chi connectivity index (χ4v) is 3.05. The van der Waals surface area contributed by atoms with Gasteiger partial charge in [-0.3, -0.25) is 4.79 Å². The number of likely N-dealkylation sites (N-methyl/N-ethyl adjacent to an activating group) is 1. The van der Waals surface area contributed by atoms with Gasteiger partial charge in [0.25, 0.3) is 5.91 Å². The number of alkyl halides is 1. The van der Waals surface area contributed by atoms with Crippen LogP contribution in [-0.2, 0) is 7.86 Å². The zero-order valence-electron chi connectivity index (χ0n) is 10.4. The molecule has 1 aliphatic heterocycles. The monoisotopic (exact) mass is 467 g/mol. The Kier molecular flexibility index (Phi) is 7.59. The molecule has 1 heterocycles. The van der Waals surface area contributed by atoms with Crippen molar-refractivity contribution in [2.45, 2.75) is 29.7 Å². The van der Waals surface area contributed by atoms with E-state index in [1.54, 1.807) is 0 Å². The second-order valence-electron chi connectivity index (χ2n) is 4.58. The normalized spacial score (nSPS) is 20.2. The summed E-state index contributed by atoms with van der Waals surface area (Å²) in [4.78, 5) is 16.0. The number of likely N-dealkylation sites (tertiary alicyclic amines) is 1. The van der Waals surface area contributed by atoms with Crippen molar-refractivity contribution in [3.8, 4) is 0 Å². The number of halogens is 2. The minimum absolute atomic E-state index is 0.0934. The van der Waals surface area contributed by atoms with Crippen molar-refractivity contribution < 1.29 is 30.9 Å². The Morgan fingerprint density at radius 1 is 1.59 bits per heavy atom. The summed E-state index contributed by atoms with van der Waals surface area (Å²) in [6.45, 7) is 5.79. The van der Waals surface area contributed by atoms with Crippen LogP contribution in [-0.4, -0.2) is 59.0 Å². The van der Waals surface area contributed by atoms with Crippen LogP contribution in [0.15, 0.2) is 0 Å². The van der Waals surface area contributed by atoms with Crippen molar-refractivity contribution in [2.75, 3.05) is 33.3 Å². The fraction of sp³-hybridized carbons (Fsp3) is 0.909. The lowest BCUT2D eigenvalue weighted by atomic mass is 10.0. The molecule has 1 unspecified atom stereocenters. The van der Waals surface area contributed by atoms with E-state index in [9.17, 15) is 4.79 Å². The molecule has 0 aliphatic carbocycles. The largest absolute Gasteiger partial charge is 0.458 e. The molecule has 17 heavy (non-hydrogen) atoms. The molecule has 0 spiro atoms. The predicted molar refractivity (Wildman–Crippen MR) is 73.1 cm³/mol. The number of carbonyl (C=O) groups excluding carboxylic acids is 1. The summed E-state index contributed by atoms with van der Waals surface area (Å²) in [6.07, 6.45) is 2.16. The van der Waals surface area contributed by atoms with Gasteiger partial charge in [-0.05, 0) is 12.8 Å². The molecule has 1 atom stereocenters. The Balaban J connectivity index is 2.33. The van der Waals surface area contributed by atoms with E-state index >= 15 is 0 Å². The van der Waals surface area contributed by atoms with Gasteiger partial charge in [-0.25, -0.2) is 0 Å². The van der Waals surface area contributed by atoms with Crippen LogP contribution in [0.3, 0.4) is 0 Å². The van der Waals surface area contributed by atoms with Gasteiger partial charge in [-0.15, -0.1) is 3.07 Å². The lowest BCUT2D eigenvalue weighted by Gasteiger charge is -2.36. The van der Waals surface area contributed by atoms with E-state index < -0.39 is 0 Å². The molecule has 1 aliphatic rings. The van der Waals surface area contributed by atoms with Crippen molar-refractivity contribution in [1.82, 2.24) is 9.80 Å². The maximum absolute atomic E-state index is 11.7. The summed E-state index contributed by atoms with van der Waals surface area (Å²) in [7, 11) is 1.89. The molecular formula is C11H21I2N2O2+. The molecule has 0 bridgehead atoms. The number of rotatable bonds is 5. The first kappa shape index (κ1) is 15.9. The fourth-order valence-electron chi connectivity index (χ4n) is 2.20. The third-order valence-corrected chi connectivity index (χ3v) is 3.92. The maximum atomic E-state index is 11.7. The van der Waals surface area contributed by atoms with Crippen LogP contribution >= 0.6 is 22.6 Å². The minimum atomic E-state index is 0.0934. The highest BCUT2D eigenvalue weighted by molar-refractivity contribution is 14.1. The van der Waals surface area contributed by atoms with E-state index in [1.807, 2.05) is 11.9 Å².